The van der Waals surface area contributed by atoms with Crippen LogP contribution >= 0.6 is 11.6 Å². The van der Waals surface area contributed by atoms with Crippen LogP contribution in [0.25, 0.3) is 11.4 Å². The van der Waals surface area contributed by atoms with Crippen molar-refractivity contribution in [2.45, 2.75) is 0 Å². The van der Waals surface area contributed by atoms with E-state index in [2.05, 4.69) is 20.8 Å². The van der Waals surface area contributed by atoms with E-state index in [1.165, 1.54) is 6.39 Å². The van der Waals surface area contributed by atoms with E-state index in [1.54, 1.807) is 42.5 Å². The molecule has 0 saturated heterocycles. The number of nitrogens with zero attached hydrogens (tertiary/aromatic N) is 2. The molecule has 2 N–H and O–H groups in total. The van der Waals surface area contributed by atoms with Gasteiger partial charge in [-0.2, -0.15) is 4.98 Å². The summed E-state index contributed by atoms with van der Waals surface area (Å²) in [5.41, 5.74) is 2.02. The van der Waals surface area contributed by atoms with Crippen LogP contribution in [0.5, 0.6) is 0 Å². The maximum Gasteiger partial charge on any atom is 0.323 e. The molecule has 6 nitrogen and oxygen atoms in total. The molecule has 3 rings (SSSR count). The van der Waals surface area contributed by atoms with Gasteiger partial charge in [0.15, 0.2) is 0 Å². The highest BCUT2D eigenvalue weighted by atomic mass is 35.5. The highest BCUT2D eigenvalue weighted by molar-refractivity contribution is 6.30. The maximum absolute atomic E-state index is 12.0. The van der Waals surface area contributed by atoms with E-state index in [-0.39, 0.29) is 6.03 Å². The molecule has 1 heterocycles. The van der Waals surface area contributed by atoms with Gasteiger partial charge in [-0.3, -0.25) is 0 Å². The zero-order valence-corrected chi connectivity index (χ0v) is 12.0. The smallest absolute Gasteiger partial charge is 0.323 e. The van der Waals surface area contributed by atoms with Gasteiger partial charge < -0.3 is 15.2 Å². The summed E-state index contributed by atoms with van der Waals surface area (Å²) in [6, 6.07) is 13.6. The predicted octanol–water partition coefficient (Wildman–Crippen LogP) is 4.03. The number of benzene rings is 2. The molecule has 0 saturated carbocycles. The third-order valence-corrected chi connectivity index (χ3v) is 3.09. The second-order valence-electron chi connectivity index (χ2n) is 4.42. The van der Waals surface area contributed by atoms with E-state index >= 15 is 0 Å². The normalized spacial score (nSPS) is 10.2. The molecule has 0 bridgehead atoms. The molecule has 0 aliphatic heterocycles. The molecule has 1 aromatic heterocycles. The van der Waals surface area contributed by atoms with E-state index in [4.69, 9.17) is 16.1 Å². The molecule has 0 aliphatic rings. The van der Waals surface area contributed by atoms with Gasteiger partial charge in [0.05, 0.1) is 0 Å². The SMILES string of the molecule is O=C(Nc1ccc(Cl)cc1)Nc1cccc(-c2ncon2)c1. The zero-order valence-electron chi connectivity index (χ0n) is 11.3. The molecular formula is C15H11ClN4O2. The minimum atomic E-state index is -0.354. The Kier molecular flexibility index (Phi) is 4.02. The maximum atomic E-state index is 12.0. The van der Waals surface area contributed by atoms with Gasteiger partial charge in [0.1, 0.15) is 0 Å². The van der Waals surface area contributed by atoms with Gasteiger partial charge >= 0.3 is 6.03 Å². The number of halogens is 1. The van der Waals surface area contributed by atoms with Gasteiger partial charge in [0.2, 0.25) is 12.2 Å². The average molecular weight is 315 g/mol. The number of nitrogens with one attached hydrogen (secondary N) is 2. The van der Waals surface area contributed by atoms with Crippen molar-refractivity contribution < 1.29 is 9.32 Å². The summed E-state index contributed by atoms with van der Waals surface area (Å²) in [5, 5.41) is 9.82. The Morgan fingerprint density at radius 1 is 1.05 bits per heavy atom. The van der Waals surface area contributed by atoms with Gasteiger partial charge in [-0.15, -0.1) is 0 Å². The quantitative estimate of drug-likeness (QED) is 0.764. The molecule has 7 heteroatoms. The number of amides is 2. The molecule has 2 amide bonds. The largest absolute Gasteiger partial charge is 0.342 e. The summed E-state index contributed by atoms with van der Waals surface area (Å²) in [7, 11) is 0. The minimum absolute atomic E-state index is 0.354. The van der Waals surface area contributed by atoms with Crippen LogP contribution in [-0.4, -0.2) is 16.2 Å². The first-order chi connectivity index (χ1) is 10.7. The molecule has 0 radical (unpaired) electrons. The van der Waals surface area contributed by atoms with Crippen molar-refractivity contribution in [3.63, 3.8) is 0 Å². The third kappa shape index (κ3) is 3.42. The monoisotopic (exact) mass is 314 g/mol. The number of rotatable bonds is 3. The van der Waals surface area contributed by atoms with Gasteiger partial charge in [0.25, 0.3) is 0 Å². The van der Waals surface area contributed by atoms with Crippen LogP contribution in [0.4, 0.5) is 16.2 Å². The zero-order chi connectivity index (χ0) is 15.4. The van der Waals surface area contributed by atoms with Crippen LogP contribution in [0.15, 0.2) is 59.4 Å². The van der Waals surface area contributed by atoms with Crippen LogP contribution in [-0.2, 0) is 0 Å². The highest BCUT2D eigenvalue weighted by Crippen LogP contribution is 2.19. The van der Waals surface area contributed by atoms with Crippen LogP contribution < -0.4 is 10.6 Å². The summed E-state index contributed by atoms with van der Waals surface area (Å²) in [6.45, 7) is 0. The molecule has 0 atom stereocenters. The lowest BCUT2D eigenvalue weighted by molar-refractivity contribution is 0.262. The topological polar surface area (TPSA) is 80.0 Å². The highest BCUT2D eigenvalue weighted by Gasteiger charge is 2.06. The third-order valence-electron chi connectivity index (χ3n) is 2.84. The fourth-order valence-corrected chi connectivity index (χ4v) is 1.99. The summed E-state index contributed by atoms with van der Waals surface area (Å²) in [5.74, 6) is 0.460. The van der Waals surface area contributed by atoms with Crippen molar-refractivity contribution >= 4 is 29.0 Å². The van der Waals surface area contributed by atoms with Gasteiger partial charge in [0, 0.05) is 22.0 Å². The molecule has 110 valence electrons. The van der Waals surface area contributed by atoms with Crippen molar-refractivity contribution in [1.29, 1.82) is 0 Å². The van der Waals surface area contributed by atoms with Crippen LogP contribution in [0.2, 0.25) is 5.02 Å². The Morgan fingerprint density at radius 2 is 1.82 bits per heavy atom. The standard InChI is InChI=1S/C15H11ClN4O2/c16-11-4-6-12(7-5-11)18-15(21)19-13-3-1-2-10(8-13)14-17-9-22-20-14/h1-9H,(H2,18,19,21). The number of hydrogen-bond acceptors (Lipinski definition) is 4. The first-order valence-corrected chi connectivity index (χ1v) is 6.79. The van der Waals surface area contributed by atoms with E-state index in [9.17, 15) is 4.79 Å². The molecule has 0 spiro atoms. The Hall–Kier alpha value is -2.86. The second kappa shape index (κ2) is 6.28. The van der Waals surface area contributed by atoms with E-state index in [0.29, 0.717) is 22.2 Å². The number of anilines is 2. The summed E-state index contributed by atoms with van der Waals surface area (Å²) in [6.07, 6.45) is 1.25. The van der Waals surface area contributed by atoms with Crippen LogP contribution in [0.1, 0.15) is 0 Å². The fourth-order valence-electron chi connectivity index (χ4n) is 1.86. The number of carbonyl (C=O) groups is 1. The van der Waals surface area contributed by atoms with Crippen molar-refractivity contribution in [3.8, 4) is 11.4 Å². The van der Waals surface area contributed by atoms with Crippen LogP contribution in [0.3, 0.4) is 0 Å². The number of hydrogen-bond donors (Lipinski definition) is 2. The van der Waals surface area contributed by atoms with E-state index < -0.39 is 0 Å². The molecule has 0 aliphatic carbocycles. The molecule has 0 unspecified atom stereocenters. The summed E-state index contributed by atoms with van der Waals surface area (Å²) < 4.78 is 4.71. The Bertz CT molecular complexity index is 773. The van der Waals surface area contributed by atoms with E-state index in [1.807, 2.05) is 6.07 Å². The van der Waals surface area contributed by atoms with E-state index in [0.717, 1.165) is 5.56 Å². The second-order valence-corrected chi connectivity index (χ2v) is 4.86. The van der Waals surface area contributed by atoms with Crippen molar-refractivity contribution in [2.24, 2.45) is 0 Å². The van der Waals surface area contributed by atoms with Crippen molar-refractivity contribution in [2.75, 3.05) is 10.6 Å². The first kappa shape index (κ1) is 14.1. The lowest BCUT2D eigenvalue weighted by Crippen LogP contribution is -2.19. The predicted molar refractivity (Wildman–Crippen MR) is 83.8 cm³/mol. The van der Waals surface area contributed by atoms with Gasteiger partial charge in [-0.25, -0.2) is 4.79 Å². The molecular weight excluding hydrogens is 304 g/mol. The first-order valence-electron chi connectivity index (χ1n) is 6.41. The van der Waals surface area contributed by atoms with Crippen molar-refractivity contribution in [1.82, 2.24) is 10.1 Å². The number of urea groups is 1. The number of aromatic nitrogens is 2. The van der Waals surface area contributed by atoms with Crippen LogP contribution in [0, 0.1) is 0 Å². The Labute approximate surface area is 131 Å². The summed E-state index contributed by atoms with van der Waals surface area (Å²) in [4.78, 5) is 15.9. The fraction of sp³-hybridized carbons (Fsp3) is 0. The van der Waals surface area contributed by atoms with Crippen molar-refractivity contribution in [3.05, 3.63) is 59.9 Å². The summed E-state index contributed by atoms with van der Waals surface area (Å²) >= 11 is 5.80. The molecule has 0 fully saturated rings. The Morgan fingerprint density at radius 3 is 2.55 bits per heavy atom. The van der Waals surface area contributed by atoms with Gasteiger partial charge in [-0.1, -0.05) is 28.9 Å². The lowest BCUT2D eigenvalue weighted by atomic mass is 10.2. The van der Waals surface area contributed by atoms with Gasteiger partial charge in [-0.05, 0) is 36.4 Å². The minimum Gasteiger partial charge on any atom is -0.342 e. The molecule has 22 heavy (non-hydrogen) atoms. The average Bonchev–Trinajstić information content (AvgIpc) is 3.04. The molecule has 3 aromatic rings. The number of carbonyl (C=O) groups excluding carboxylic acids is 1. The molecule has 2 aromatic carbocycles. The Balaban J connectivity index is 1.69. The lowest BCUT2D eigenvalue weighted by Gasteiger charge is -2.08.